The predicted octanol–water partition coefficient (Wildman–Crippen LogP) is 3.30. The zero-order valence-electron chi connectivity index (χ0n) is 10.8. The molecule has 20 heavy (non-hydrogen) atoms. The Morgan fingerprint density at radius 1 is 1.10 bits per heavy atom. The molecule has 0 saturated carbocycles. The molecule has 2 heterocycles. The number of benzene rings is 1. The van der Waals surface area contributed by atoms with Crippen LogP contribution in [-0.4, -0.2) is 19.9 Å². The van der Waals surface area contributed by atoms with Gasteiger partial charge in [-0.15, -0.1) is 0 Å². The van der Waals surface area contributed by atoms with Gasteiger partial charge in [0.15, 0.2) is 5.82 Å². The van der Waals surface area contributed by atoms with Crippen molar-refractivity contribution in [2.24, 2.45) is 0 Å². The molecule has 0 bridgehead atoms. The molecule has 1 aromatic carbocycles. The van der Waals surface area contributed by atoms with Gasteiger partial charge < -0.3 is 5.21 Å². The van der Waals surface area contributed by atoms with E-state index in [1.165, 1.54) is 6.07 Å². The lowest BCUT2D eigenvalue weighted by Gasteiger charge is -2.05. The van der Waals surface area contributed by atoms with Crippen LogP contribution in [0.3, 0.4) is 0 Å². The molecular weight excluding hydrogens is 257 g/mol. The van der Waals surface area contributed by atoms with Crippen molar-refractivity contribution in [3.63, 3.8) is 0 Å². The fraction of sp³-hybridized carbons (Fsp3) is 0.0667. The second-order valence-electron chi connectivity index (χ2n) is 4.38. The highest BCUT2D eigenvalue weighted by Gasteiger charge is 2.19. The van der Waals surface area contributed by atoms with Gasteiger partial charge in [-0.3, -0.25) is 4.98 Å². The lowest BCUT2D eigenvalue weighted by Crippen LogP contribution is -1.99. The first kappa shape index (κ1) is 12.3. The van der Waals surface area contributed by atoms with E-state index >= 15 is 0 Å². The van der Waals surface area contributed by atoms with E-state index in [1.54, 1.807) is 43.5 Å². The topological polar surface area (TPSA) is 50.9 Å². The van der Waals surface area contributed by atoms with Gasteiger partial charge in [-0.2, -0.15) is 4.73 Å². The van der Waals surface area contributed by atoms with E-state index in [9.17, 15) is 9.60 Å². The number of nitrogens with zero attached hydrogens (tertiary/aromatic N) is 3. The number of aromatic nitrogens is 3. The minimum atomic E-state index is -0.430. The lowest BCUT2D eigenvalue weighted by atomic mass is 10.2. The van der Waals surface area contributed by atoms with Crippen molar-refractivity contribution in [2.75, 3.05) is 0 Å². The van der Waals surface area contributed by atoms with Crippen LogP contribution in [0.2, 0.25) is 0 Å². The number of hydrogen-bond acceptors (Lipinski definition) is 3. The first-order chi connectivity index (χ1) is 9.68. The SMILES string of the molecule is Cc1nc(-c2ccccc2F)n(O)c1-c1ccccn1. The van der Waals surface area contributed by atoms with Crippen molar-refractivity contribution in [2.45, 2.75) is 6.92 Å². The van der Waals surface area contributed by atoms with Gasteiger partial charge in [0.1, 0.15) is 11.5 Å². The van der Waals surface area contributed by atoms with Crippen molar-refractivity contribution < 1.29 is 9.60 Å². The Bertz CT molecular complexity index is 753. The third kappa shape index (κ3) is 1.93. The maximum absolute atomic E-state index is 13.8. The summed E-state index contributed by atoms with van der Waals surface area (Å²) in [7, 11) is 0. The normalized spacial score (nSPS) is 10.7. The Morgan fingerprint density at radius 3 is 2.55 bits per heavy atom. The molecule has 0 aliphatic heterocycles. The molecule has 0 unspecified atom stereocenters. The van der Waals surface area contributed by atoms with E-state index in [-0.39, 0.29) is 11.4 Å². The van der Waals surface area contributed by atoms with E-state index < -0.39 is 5.82 Å². The molecule has 0 aliphatic carbocycles. The summed E-state index contributed by atoms with van der Waals surface area (Å²) in [6.45, 7) is 1.75. The zero-order chi connectivity index (χ0) is 14.1. The van der Waals surface area contributed by atoms with E-state index in [4.69, 9.17) is 0 Å². The summed E-state index contributed by atoms with van der Waals surface area (Å²) < 4.78 is 14.7. The van der Waals surface area contributed by atoms with Crippen LogP contribution in [-0.2, 0) is 0 Å². The highest BCUT2D eigenvalue weighted by atomic mass is 19.1. The average Bonchev–Trinajstić information content (AvgIpc) is 2.75. The van der Waals surface area contributed by atoms with Crippen molar-refractivity contribution in [3.05, 3.63) is 60.2 Å². The van der Waals surface area contributed by atoms with E-state index in [0.29, 0.717) is 17.1 Å². The predicted molar refractivity (Wildman–Crippen MR) is 72.8 cm³/mol. The first-order valence-electron chi connectivity index (χ1n) is 6.13. The van der Waals surface area contributed by atoms with Crippen LogP contribution in [0.25, 0.3) is 22.8 Å². The Morgan fingerprint density at radius 2 is 1.85 bits per heavy atom. The van der Waals surface area contributed by atoms with Crippen molar-refractivity contribution in [1.29, 1.82) is 0 Å². The molecule has 0 atom stereocenters. The lowest BCUT2D eigenvalue weighted by molar-refractivity contribution is 0.194. The third-order valence-corrected chi connectivity index (χ3v) is 3.05. The molecule has 1 N–H and O–H groups in total. The Balaban J connectivity index is 2.20. The molecule has 0 spiro atoms. The molecule has 0 aliphatic rings. The highest BCUT2D eigenvalue weighted by Crippen LogP contribution is 2.28. The molecule has 0 amide bonds. The fourth-order valence-corrected chi connectivity index (χ4v) is 2.13. The number of pyridine rings is 1. The van der Waals surface area contributed by atoms with E-state index in [0.717, 1.165) is 4.73 Å². The summed E-state index contributed by atoms with van der Waals surface area (Å²) in [5.74, 6) is -0.262. The Labute approximate surface area is 115 Å². The van der Waals surface area contributed by atoms with Gasteiger partial charge in [0, 0.05) is 6.20 Å². The monoisotopic (exact) mass is 269 g/mol. The van der Waals surface area contributed by atoms with Gasteiger partial charge in [0.05, 0.1) is 17.0 Å². The molecule has 100 valence electrons. The smallest absolute Gasteiger partial charge is 0.179 e. The van der Waals surface area contributed by atoms with Crippen molar-refractivity contribution in [1.82, 2.24) is 14.7 Å². The fourth-order valence-electron chi connectivity index (χ4n) is 2.13. The maximum Gasteiger partial charge on any atom is 0.179 e. The number of aryl methyl sites for hydroxylation is 1. The van der Waals surface area contributed by atoms with Gasteiger partial charge >= 0.3 is 0 Å². The molecule has 3 aromatic rings. The van der Waals surface area contributed by atoms with Gasteiger partial charge in [-0.25, -0.2) is 9.37 Å². The van der Waals surface area contributed by atoms with Crippen LogP contribution < -0.4 is 0 Å². The molecule has 5 heteroatoms. The third-order valence-electron chi connectivity index (χ3n) is 3.05. The number of imidazole rings is 1. The molecule has 4 nitrogen and oxygen atoms in total. The van der Waals surface area contributed by atoms with Gasteiger partial charge in [0.2, 0.25) is 0 Å². The van der Waals surface area contributed by atoms with E-state index in [2.05, 4.69) is 9.97 Å². The number of rotatable bonds is 2. The number of hydrogen-bond donors (Lipinski definition) is 1. The molecular formula is C15H12FN3O. The minimum Gasteiger partial charge on any atom is -0.426 e. The molecule has 2 aromatic heterocycles. The summed E-state index contributed by atoms with van der Waals surface area (Å²) in [4.78, 5) is 8.44. The Hall–Kier alpha value is -2.69. The van der Waals surface area contributed by atoms with E-state index in [1.807, 2.05) is 6.07 Å². The second kappa shape index (κ2) is 4.77. The first-order valence-corrected chi connectivity index (χ1v) is 6.13. The highest BCUT2D eigenvalue weighted by molar-refractivity contribution is 5.65. The second-order valence-corrected chi connectivity index (χ2v) is 4.38. The van der Waals surface area contributed by atoms with Crippen LogP contribution >= 0.6 is 0 Å². The van der Waals surface area contributed by atoms with Crippen molar-refractivity contribution in [3.8, 4) is 22.8 Å². The quantitative estimate of drug-likeness (QED) is 0.726. The molecule has 3 rings (SSSR count). The van der Waals surface area contributed by atoms with Crippen LogP contribution in [0, 0.1) is 12.7 Å². The maximum atomic E-state index is 13.8. The standard InChI is InChI=1S/C15H12FN3O/c1-10-14(13-8-4-5-9-17-13)19(20)15(18-10)11-6-2-3-7-12(11)16/h2-9,20H,1H3. The van der Waals surface area contributed by atoms with Gasteiger partial charge in [0.25, 0.3) is 0 Å². The van der Waals surface area contributed by atoms with Gasteiger partial charge in [-0.05, 0) is 31.2 Å². The summed E-state index contributed by atoms with van der Waals surface area (Å²) in [6, 6.07) is 11.6. The molecule has 0 saturated heterocycles. The summed E-state index contributed by atoms with van der Waals surface area (Å²) in [5, 5.41) is 10.3. The molecule has 0 radical (unpaired) electrons. The molecule has 0 fully saturated rings. The van der Waals surface area contributed by atoms with Crippen LogP contribution in [0.15, 0.2) is 48.7 Å². The summed E-state index contributed by atoms with van der Waals surface area (Å²) in [5.41, 5.74) is 1.89. The average molecular weight is 269 g/mol. The van der Waals surface area contributed by atoms with Crippen LogP contribution in [0.1, 0.15) is 5.69 Å². The number of halogens is 1. The van der Waals surface area contributed by atoms with Crippen LogP contribution in [0.5, 0.6) is 0 Å². The zero-order valence-corrected chi connectivity index (χ0v) is 10.8. The summed E-state index contributed by atoms with van der Waals surface area (Å²) >= 11 is 0. The van der Waals surface area contributed by atoms with Crippen LogP contribution in [0.4, 0.5) is 4.39 Å². The largest absolute Gasteiger partial charge is 0.426 e. The Kier molecular flexibility index (Phi) is 2.95. The minimum absolute atomic E-state index is 0.168. The summed E-state index contributed by atoms with van der Waals surface area (Å²) in [6.07, 6.45) is 1.63. The van der Waals surface area contributed by atoms with Gasteiger partial charge in [-0.1, -0.05) is 18.2 Å². The van der Waals surface area contributed by atoms with Crippen molar-refractivity contribution >= 4 is 0 Å².